The zero-order chi connectivity index (χ0) is 11.2. The third kappa shape index (κ3) is 1.78. The largest absolute Gasteiger partial charge is 0.454 e. The van der Waals surface area contributed by atoms with Crippen LogP contribution in [0.2, 0.25) is 0 Å². The minimum atomic E-state index is 0.184. The van der Waals surface area contributed by atoms with Gasteiger partial charge in [-0.15, -0.1) is 0 Å². The number of allylic oxidation sites excluding steroid dienone is 1. The number of hydrogen-bond donors (Lipinski definition) is 0. The predicted octanol–water partition coefficient (Wildman–Crippen LogP) is 4.08. The van der Waals surface area contributed by atoms with Crippen LogP contribution in [0.15, 0.2) is 27.7 Å². The molecule has 1 saturated carbocycles. The van der Waals surface area contributed by atoms with Gasteiger partial charge in [-0.25, -0.2) is 0 Å². The van der Waals surface area contributed by atoms with Gasteiger partial charge in [-0.1, -0.05) is 12.1 Å². The third-order valence-corrected chi connectivity index (χ3v) is 3.58. The monoisotopic (exact) mass is 344 g/mol. The first-order valence-corrected chi connectivity index (χ1v) is 6.72. The molecule has 0 spiro atoms. The highest BCUT2D eigenvalue weighted by Crippen LogP contribution is 2.52. The average Bonchev–Trinajstić information content (AvgIpc) is 2.87. The van der Waals surface area contributed by atoms with E-state index in [4.69, 9.17) is 9.47 Å². The van der Waals surface area contributed by atoms with Crippen molar-refractivity contribution in [2.75, 3.05) is 6.79 Å². The van der Waals surface area contributed by atoms with Crippen molar-refractivity contribution in [3.63, 3.8) is 0 Å². The van der Waals surface area contributed by atoms with Crippen LogP contribution in [0.25, 0.3) is 0 Å². The van der Waals surface area contributed by atoms with E-state index in [2.05, 4.69) is 50.1 Å². The summed E-state index contributed by atoms with van der Waals surface area (Å²) in [7, 11) is 0. The van der Waals surface area contributed by atoms with Crippen molar-refractivity contribution in [1.82, 2.24) is 0 Å². The Labute approximate surface area is 111 Å². The first kappa shape index (κ1) is 10.7. The fourth-order valence-corrected chi connectivity index (χ4v) is 2.94. The van der Waals surface area contributed by atoms with Crippen LogP contribution in [0.4, 0.5) is 0 Å². The molecule has 3 rings (SSSR count). The molecule has 0 bridgehead atoms. The zero-order valence-electron chi connectivity index (χ0n) is 8.50. The molecule has 0 atom stereocenters. The van der Waals surface area contributed by atoms with Gasteiger partial charge in [0.15, 0.2) is 11.5 Å². The third-order valence-electron chi connectivity index (χ3n) is 3.12. The number of fused-ring (bicyclic) bond motifs is 1. The van der Waals surface area contributed by atoms with Crippen molar-refractivity contribution in [3.8, 4) is 11.5 Å². The van der Waals surface area contributed by atoms with Crippen LogP contribution in [0, 0.1) is 0 Å². The van der Waals surface area contributed by atoms with Crippen LogP contribution in [0.1, 0.15) is 18.4 Å². The van der Waals surface area contributed by atoms with Crippen molar-refractivity contribution >= 4 is 31.9 Å². The van der Waals surface area contributed by atoms with Crippen LogP contribution in [-0.4, -0.2) is 6.79 Å². The van der Waals surface area contributed by atoms with Crippen molar-refractivity contribution in [1.29, 1.82) is 0 Å². The summed E-state index contributed by atoms with van der Waals surface area (Å²) in [6, 6.07) is 6.21. The van der Waals surface area contributed by atoms with Gasteiger partial charge in [0.05, 0.1) is 3.39 Å². The topological polar surface area (TPSA) is 18.5 Å². The second-order valence-electron chi connectivity index (χ2n) is 4.16. The lowest BCUT2D eigenvalue weighted by atomic mass is 9.96. The van der Waals surface area contributed by atoms with Gasteiger partial charge >= 0.3 is 0 Å². The summed E-state index contributed by atoms with van der Waals surface area (Å²) in [6.07, 6.45) is 4.59. The van der Waals surface area contributed by atoms with Gasteiger partial charge in [0.2, 0.25) is 6.79 Å². The fraction of sp³-hybridized carbons (Fsp3) is 0.333. The van der Waals surface area contributed by atoms with Crippen molar-refractivity contribution in [2.24, 2.45) is 0 Å². The normalized spacial score (nSPS) is 19.4. The number of hydrogen-bond acceptors (Lipinski definition) is 2. The van der Waals surface area contributed by atoms with E-state index in [1.165, 1.54) is 18.4 Å². The standard InChI is InChI=1S/C12H10Br2O2/c13-11(14)6-12(3-4-12)8-1-2-9-10(5-8)16-7-15-9/h1-2,5-6H,3-4,7H2. The maximum absolute atomic E-state index is 5.40. The van der Waals surface area contributed by atoms with Crippen LogP contribution < -0.4 is 9.47 Å². The van der Waals surface area contributed by atoms with Gasteiger partial charge in [0, 0.05) is 5.41 Å². The minimum Gasteiger partial charge on any atom is -0.454 e. The lowest BCUT2D eigenvalue weighted by Gasteiger charge is -2.11. The Kier molecular flexibility index (Phi) is 2.51. The maximum atomic E-state index is 5.40. The van der Waals surface area contributed by atoms with Crippen LogP contribution >= 0.6 is 31.9 Å². The zero-order valence-corrected chi connectivity index (χ0v) is 11.7. The molecule has 84 valence electrons. The van der Waals surface area contributed by atoms with Gasteiger partial charge in [0.25, 0.3) is 0 Å². The van der Waals surface area contributed by atoms with Gasteiger partial charge in [-0.3, -0.25) is 0 Å². The summed E-state index contributed by atoms with van der Waals surface area (Å²) in [5.74, 6) is 1.71. The van der Waals surface area contributed by atoms with E-state index in [9.17, 15) is 0 Å². The quantitative estimate of drug-likeness (QED) is 0.804. The molecule has 0 saturated heterocycles. The molecule has 2 nitrogen and oxygen atoms in total. The molecular weight excluding hydrogens is 336 g/mol. The van der Waals surface area contributed by atoms with E-state index in [1.54, 1.807) is 0 Å². The summed E-state index contributed by atoms with van der Waals surface area (Å²) >= 11 is 6.86. The van der Waals surface area contributed by atoms with Crippen LogP contribution in [-0.2, 0) is 5.41 Å². The molecule has 1 aliphatic carbocycles. The Morgan fingerprint density at radius 2 is 1.94 bits per heavy atom. The SMILES string of the molecule is BrC(Br)=CC1(c2ccc3c(c2)OCO3)CC1. The summed E-state index contributed by atoms with van der Waals surface area (Å²) in [5, 5.41) is 0. The number of benzene rings is 1. The molecule has 4 heteroatoms. The lowest BCUT2D eigenvalue weighted by molar-refractivity contribution is 0.174. The molecule has 1 aliphatic heterocycles. The van der Waals surface area contributed by atoms with E-state index in [0.29, 0.717) is 6.79 Å². The number of ether oxygens (including phenoxy) is 2. The van der Waals surface area contributed by atoms with Crippen LogP contribution in [0.3, 0.4) is 0 Å². The van der Waals surface area contributed by atoms with E-state index in [0.717, 1.165) is 14.9 Å². The Morgan fingerprint density at radius 3 is 2.62 bits per heavy atom. The smallest absolute Gasteiger partial charge is 0.231 e. The fourth-order valence-electron chi connectivity index (χ4n) is 2.07. The van der Waals surface area contributed by atoms with E-state index < -0.39 is 0 Å². The molecule has 0 aromatic heterocycles. The molecule has 0 unspecified atom stereocenters. The van der Waals surface area contributed by atoms with E-state index >= 15 is 0 Å². The molecule has 1 heterocycles. The predicted molar refractivity (Wildman–Crippen MR) is 69.4 cm³/mol. The van der Waals surface area contributed by atoms with E-state index in [-0.39, 0.29) is 5.41 Å². The van der Waals surface area contributed by atoms with E-state index in [1.807, 2.05) is 6.07 Å². The number of rotatable bonds is 2. The molecule has 16 heavy (non-hydrogen) atoms. The highest BCUT2D eigenvalue weighted by atomic mass is 79.9. The molecule has 0 amide bonds. The Bertz CT molecular complexity index is 460. The summed E-state index contributed by atoms with van der Waals surface area (Å²) in [6.45, 7) is 0.337. The van der Waals surface area contributed by atoms with Crippen molar-refractivity contribution in [2.45, 2.75) is 18.3 Å². The second-order valence-corrected chi connectivity index (χ2v) is 6.93. The van der Waals surface area contributed by atoms with Gasteiger partial charge in [-0.2, -0.15) is 0 Å². The summed E-state index contributed by atoms with van der Waals surface area (Å²) in [4.78, 5) is 0. The molecule has 1 fully saturated rings. The maximum Gasteiger partial charge on any atom is 0.231 e. The second kappa shape index (κ2) is 3.77. The first-order chi connectivity index (χ1) is 7.70. The molecule has 0 N–H and O–H groups in total. The van der Waals surface area contributed by atoms with Gasteiger partial charge in [-0.05, 0) is 62.4 Å². The van der Waals surface area contributed by atoms with Gasteiger partial charge in [0.1, 0.15) is 0 Å². The molecular formula is C12H10Br2O2. The van der Waals surface area contributed by atoms with Gasteiger partial charge < -0.3 is 9.47 Å². The Balaban J connectivity index is 1.99. The molecule has 1 aromatic carbocycles. The summed E-state index contributed by atoms with van der Waals surface area (Å²) in [5.41, 5.74) is 1.48. The van der Waals surface area contributed by atoms with Crippen LogP contribution in [0.5, 0.6) is 11.5 Å². The average molecular weight is 346 g/mol. The highest BCUT2D eigenvalue weighted by Gasteiger charge is 2.43. The Hall–Kier alpha value is -0.480. The number of halogens is 2. The highest BCUT2D eigenvalue weighted by molar-refractivity contribution is 9.28. The minimum absolute atomic E-state index is 0.184. The Morgan fingerprint density at radius 1 is 1.19 bits per heavy atom. The lowest BCUT2D eigenvalue weighted by Crippen LogP contribution is -2.01. The molecule has 1 aromatic rings. The van der Waals surface area contributed by atoms with Crippen molar-refractivity contribution in [3.05, 3.63) is 33.2 Å². The first-order valence-electron chi connectivity index (χ1n) is 5.14. The molecule has 0 radical (unpaired) electrons. The summed E-state index contributed by atoms with van der Waals surface area (Å²) < 4.78 is 11.7. The molecule has 2 aliphatic rings. The van der Waals surface area contributed by atoms with Crippen molar-refractivity contribution < 1.29 is 9.47 Å².